The molecule has 0 N–H and O–H groups in total. The van der Waals surface area contributed by atoms with Gasteiger partial charge in [-0.05, 0) is 55.0 Å². The summed E-state index contributed by atoms with van der Waals surface area (Å²) < 4.78 is 11.7. The Balaban J connectivity index is 1.72. The van der Waals surface area contributed by atoms with Crippen LogP contribution in [0.3, 0.4) is 0 Å². The number of aromatic nitrogens is 1. The number of nitrogens with zero attached hydrogens (tertiary/aromatic N) is 2. The minimum absolute atomic E-state index is 0.672. The molecule has 1 aromatic heterocycles. The van der Waals surface area contributed by atoms with E-state index in [2.05, 4.69) is 35.0 Å². The Morgan fingerprint density at radius 1 is 0.800 bits per heavy atom. The molecule has 0 amide bonds. The molecule has 4 nitrogen and oxygen atoms in total. The molecule has 1 heterocycles. The number of pyridine rings is 1. The van der Waals surface area contributed by atoms with Gasteiger partial charge in [0.15, 0.2) is 11.5 Å². The minimum Gasteiger partial charge on any atom is -0.493 e. The van der Waals surface area contributed by atoms with E-state index in [0.29, 0.717) is 18.0 Å². The Labute approximate surface area is 177 Å². The minimum atomic E-state index is 0.672. The van der Waals surface area contributed by atoms with Crippen LogP contribution in [-0.2, 0) is 6.54 Å². The molecule has 0 fully saturated rings. The molecular weight excluding hydrogens is 372 g/mol. The summed E-state index contributed by atoms with van der Waals surface area (Å²) in [5.41, 5.74) is 4.41. The zero-order valence-corrected chi connectivity index (χ0v) is 17.2. The van der Waals surface area contributed by atoms with Gasteiger partial charge in [0.25, 0.3) is 0 Å². The van der Waals surface area contributed by atoms with E-state index in [1.165, 1.54) is 5.56 Å². The van der Waals surface area contributed by atoms with Gasteiger partial charge in [-0.15, -0.1) is 0 Å². The van der Waals surface area contributed by atoms with Crippen LogP contribution in [0.1, 0.15) is 11.1 Å². The maximum atomic E-state index is 6.17. The molecule has 4 heteroatoms. The summed E-state index contributed by atoms with van der Waals surface area (Å²) in [5.74, 6) is 2.13. The lowest BCUT2D eigenvalue weighted by atomic mass is 10.2. The van der Waals surface area contributed by atoms with Crippen LogP contribution in [0, 0.1) is 6.92 Å². The molecule has 0 saturated heterocycles. The summed E-state index contributed by atoms with van der Waals surface area (Å²) in [6.45, 7) is 2.75. The first kappa shape index (κ1) is 19.5. The lowest BCUT2D eigenvalue weighted by Crippen LogP contribution is -2.16. The van der Waals surface area contributed by atoms with Gasteiger partial charge in [-0.1, -0.05) is 42.0 Å². The zero-order chi connectivity index (χ0) is 20.8. The molecule has 0 atom stereocenters. The molecule has 0 aliphatic rings. The van der Waals surface area contributed by atoms with Crippen LogP contribution in [-0.4, -0.2) is 12.1 Å². The summed E-state index contributed by atoms with van der Waals surface area (Å²) in [6.07, 6.45) is 3.68. The van der Waals surface area contributed by atoms with Gasteiger partial charge in [0.2, 0.25) is 0 Å². The second-order valence-corrected chi connectivity index (χ2v) is 7.03. The van der Waals surface area contributed by atoms with Gasteiger partial charge in [0.05, 0.1) is 7.11 Å². The van der Waals surface area contributed by atoms with Crippen LogP contribution < -0.4 is 14.4 Å². The van der Waals surface area contributed by atoms with E-state index in [9.17, 15) is 0 Å². The predicted molar refractivity (Wildman–Crippen MR) is 121 cm³/mol. The maximum Gasteiger partial charge on any atom is 0.171 e. The summed E-state index contributed by atoms with van der Waals surface area (Å²) in [7, 11) is 1.65. The highest BCUT2D eigenvalue weighted by Crippen LogP contribution is 2.38. The van der Waals surface area contributed by atoms with E-state index in [4.69, 9.17) is 9.47 Å². The van der Waals surface area contributed by atoms with Crippen LogP contribution >= 0.6 is 0 Å². The molecule has 30 heavy (non-hydrogen) atoms. The molecule has 3 aromatic carbocycles. The zero-order valence-electron chi connectivity index (χ0n) is 17.2. The van der Waals surface area contributed by atoms with E-state index in [1.807, 2.05) is 72.9 Å². The number of rotatable bonds is 7. The molecule has 0 aliphatic heterocycles. The fourth-order valence-electron chi connectivity index (χ4n) is 3.26. The van der Waals surface area contributed by atoms with Crippen molar-refractivity contribution >= 4 is 11.4 Å². The Bertz CT molecular complexity index is 1080. The average Bonchev–Trinajstić information content (AvgIpc) is 2.80. The normalized spacial score (nSPS) is 10.5. The summed E-state index contributed by atoms with van der Waals surface area (Å²) >= 11 is 0. The number of para-hydroxylation sites is 1. The lowest BCUT2D eigenvalue weighted by molar-refractivity contribution is 0.379. The molecule has 0 saturated carbocycles. The number of methoxy groups -OCH3 is 1. The van der Waals surface area contributed by atoms with Gasteiger partial charge < -0.3 is 14.4 Å². The molecule has 4 rings (SSSR count). The van der Waals surface area contributed by atoms with Crippen molar-refractivity contribution in [3.05, 3.63) is 108 Å². The molecule has 0 aliphatic carbocycles. The number of anilines is 2. The van der Waals surface area contributed by atoms with Crippen LogP contribution in [0.5, 0.6) is 17.2 Å². The van der Waals surface area contributed by atoms with Crippen molar-refractivity contribution in [3.63, 3.8) is 0 Å². The van der Waals surface area contributed by atoms with Gasteiger partial charge in [-0.2, -0.15) is 0 Å². The molecule has 0 unspecified atom stereocenters. The van der Waals surface area contributed by atoms with Crippen molar-refractivity contribution < 1.29 is 9.47 Å². The van der Waals surface area contributed by atoms with Crippen molar-refractivity contribution in [3.8, 4) is 17.2 Å². The number of aryl methyl sites for hydroxylation is 1. The van der Waals surface area contributed by atoms with Crippen LogP contribution in [0.2, 0.25) is 0 Å². The van der Waals surface area contributed by atoms with Gasteiger partial charge in [0, 0.05) is 36.4 Å². The van der Waals surface area contributed by atoms with Crippen molar-refractivity contribution in [2.75, 3.05) is 12.0 Å². The van der Waals surface area contributed by atoms with Crippen molar-refractivity contribution in [2.45, 2.75) is 13.5 Å². The summed E-state index contributed by atoms with van der Waals surface area (Å²) in [4.78, 5) is 6.50. The molecule has 4 aromatic rings. The van der Waals surface area contributed by atoms with Crippen molar-refractivity contribution in [1.82, 2.24) is 4.98 Å². The monoisotopic (exact) mass is 396 g/mol. The van der Waals surface area contributed by atoms with E-state index >= 15 is 0 Å². The van der Waals surface area contributed by atoms with Crippen molar-refractivity contribution in [2.24, 2.45) is 0 Å². The Hall–Kier alpha value is -3.79. The molecule has 0 bridgehead atoms. The summed E-state index contributed by atoms with van der Waals surface area (Å²) in [5, 5.41) is 0. The van der Waals surface area contributed by atoms with Crippen LogP contribution in [0.25, 0.3) is 0 Å². The SMILES string of the molecule is COc1ccc(N(Cc2cccnc2)c2ccccc2)cc1Oc1ccc(C)cc1. The smallest absolute Gasteiger partial charge is 0.171 e. The van der Waals surface area contributed by atoms with E-state index in [-0.39, 0.29) is 0 Å². The Morgan fingerprint density at radius 3 is 2.30 bits per heavy atom. The molecule has 150 valence electrons. The van der Waals surface area contributed by atoms with Gasteiger partial charge >= 0.3 is 0 Å². The van der Waals surface area contributed by atoms with Gasteiger partial charge in [0.1, 0.15) is 5.75 Å². The van der Waals surface area contributed by atoms with Crippen molar-refractivity contribution in [1.29, 1.82) is 0 Å². The third-order valence-corrected chi connectivity index (χ3v) is 4.84. The highest BCUT2D eigenvalue weighted by atomic mass is 16.5. The number of ether oxygens (including phenoxy) is 2. The topological polar surface area (TPSA) is 34.6 Å². The standard InChI is InChI=1S/C26H24N2O2/c1-20-10-13-24(14-11-20)30-26-17-23(12-15-25(26)29-2)28(22-8-4-3-5-9-22)19-21-7-6-16-27-18-21/h3-18H,19H2,1-2H3. The largest absolute Gasteiger partial charge is 0.493 e. The van der Waals surface area contributed by atoms with E-state index in [0.717, 1.165) is 22.7 Å². The predicted octanol–water partition coefficient (Wildman–Crippen LogP) is 6.53. The average molecular weight is 396 g/mol. The second-order valence-electron chi connectivity index (χ2n) is 7.03. The fourth-order valence-corrected chi connectivity index (χ4v) is 3.26. The number of hydrogen-bond donors (Lipinski definition) is 0. The van der Waals surface area contributed by atoms with Crippen LogP contribution in [0.15, 0.2) is 97.3 Å². The molecule has 0 radical (unpaired) electrons. The Kier molecular flexibility index (Phi) is 5.95. The lowest BCUT2D eigenvalue weighted by Gasteiger charge is -2.26. The fraction of sp³-hybridized carbons (Fsp3) is 0.115. The first-order chi connectivity index (χ1) is 14.7. The quantitative estimate of drug-likeness (QED) is 0.356. The molecular formula is C26H24N2O2. The summed E-state index contributed by atoms with van der Waals surface area (Å²) in [6, 6.07) is 28.3. The first-order valence-corrected chi connectivity index (χ1v) is 9.87. The van der Waals surface area contributed by atoms with Crippen LogP contribution in [0.4, 0.5) is 11.4 Å². The van der Waals surface area contributed by atoms with E-state index < -0.39 is 0 Å². The third kappa shape index (κ3) is 4.61. The number of hydrogen-bond acceptors (Lipinski definition) is 4. The van der Waals surface area contributed by atoms with E-state index in [1.54, 1.807) is 13.3 Å². The van der Waals surface area contributed by atoms with Gasteiger partial charge in [-0.25, -0.2) is 0 Å². The third-order valence-electron chi connectivity index (χ3n) is 4.84. The highest BCUT2D eigenvalue weighted by Gasteiger charge is 2.14. The van der Waals surface area contributed by atoms with Gasteiger partial charge in [-0.3, -0.25) is 4.98 Å². The molecule has 0 spiro atoms. The Morgan fingerprint density at radius 2 is 1.60 bits per heavy atom. The first-order valence-electron chi connectivity index (χ1n) is 9.87. The maximum absolute atomic E-state index is 6.17. The number of benzene rings is 3. The second kappa shape index (κ2) is 9.14. The highest BCUT2D eigenvalue weighted by molar-refractivity contribution is 5.67.